The summed E-state index contributed by atoms with van der Waals surface area (Å²) >= 11 is 2.75. The van der Waals surface area contributed by atoms with Crippen molar-refractivity contribution in [2.75, 3.05) is 0 Å². The van der Waals surface area contributed by atoms with Crippen LogP contribution in [0.5, 0.6) is 0 Å². The maximum Gasteiger partial charge on any atom is 0.156 e. The average Bonchev–Trinajstić information content (AvgIpc) is 3.07. The Bertz CT molecular complexity index is 839. The molecule has 0 saturated carbocycles. The van der Waals surface area contributed by atoms with E-state index in [0.717, 1.165) is 22.1 Å². The number of nitrogens with zero attached hydrogens (tertiary/aromatic N) is 4. The molecule has 4 aromatic heterocycles. The molecule has 0 spiro atoms. The lowest BCUT2D eigenvalue weighted by atomic mass is 10.3. The number of hydrogen-bond donors (Lipinski definition) is 0. The first kappa shape index (κ1) is 13.4. The molecule has 0 fully saturated rings. The van der Waals surface area contributed by atoms with Gasteiger partial charge in [0.15, 0.2) is 9.66 Å². The number of rotatable bonds is 2. The predicted octanol–water partition coefficient (Wildman–Crippen LogP) is 4.16. The zero-order valence-corrected chi connectivity index (χ0v) is 12.5. The quantitative estimate of drug-likeness (QED) is 0.553. The van der Waals surface area contributed by atoms with Crippen LogP contribution >= 0.6 is 22.7 Å². The summed E-state index contributed by atoms with van der Waals surface area (Å²) in [5, 5.41) is 1.37. The van der Waals surface area contributed by atoms with E-state index < -0.39 is 0 Å². The molecule has 0 aliphatic carbocycles. The van der Waals surface area contributed by atoms with Gasteiger partial charge in [-0.2, -0.15) is 0 Å². The first-order chi connectivity index (χ1) is 10.7. The molecule has 0 bridgehead atoms. The van der Waals surface area contributed by atoms with Crippen molar-refractivity contribution in [1.29, 1.82) is 0 Å². The van der Waals surface area contributed by atoms with Crippen LogP contribution < -0.4 is 0 Å². The number of halogens is 2. The minimum atomic E-state index is -0.384. The fourth-order valence-electron chi connectivity index (χ4n) is 1.87. The Kier molecular flexibility index (Phi) is 3.12. The van der Waals surface area contributed by atoms with Gasteiger partial charge in [-0.1, -0.05) is 22.7 Å². The molecule has 0 unspecified atom stereocenters. The zero-order valence-electron chi connectivity index (χ0n) is 10.8. The number of thiazole rings is 2. The van der Waals surface area contributed by atoms with Gasteiger partial charge < -0.3 is 0 Å². The highest BCUT2D eigenvalue weighted by molar-refractivity contribution is 7.29. The number of pyridine rings is 2. The smallest absolute Gasteiger partial charge is 0.156 e. The van der Waals surface area contributed by atoms with Crippen LogP contribution in [0, 0.1) is 11.6 Å². The van der Waals surface area contributed by atoms with Crippen LogP contribution in [0.25, 0.3) is 31.1 Å². The molecule has 4 heterocycles. The summed E-state index contributed by atoms with van der Waals surface area (Å²) in [5.74, 6) is -0.769. The normalized spacial score (nSPS) is 11.2. The van der Waals surface area contributed by atoms with Crippen molar-refractivity contribution in [2.24, 2.45) is 0 Å². The lowest BCUT2D eigenvalue weighted by Gasteiger charge is -1.94. The summed E-state index contributed by atoms with van der Waals surface area (Å²) in [6.07, 6.45) is 2.32. The van der Waals surface area contributed by atoms with Gasteiger partial charge in [0.2, 0.25) is 0 Å². The Morgan fingerprint density at radius 1 is 0.682 bits per heavy atom. The van der Waals surface area contributed by atoms with Gasteiger partial charge in [0.1, 0.15) is 21.6 Å². The summed E-state index contributed by atoms with van der Waals surface area (Å²) in [6.45, 7) is 0. The van der Waals surface area contributed by atoms with Gasteiger partial charge in [0.05, 0.1) is 23.8 Å². The van der Waals surface area contributed by atoms with E-state index in [1.54, 1.807) is 12.1 Å². The van der Waals surface area contributed by atoms with Crippen LogP contribution in [0.1, 0.15) is 0 Å². The Hall–Kier alpha value is -2.32. The molecule has 4 nitrogen and oxygen atoms in total. The monoisotopic (exact) mass is 332 g/mol. The lowest BCUT2D eigenvalue weighted by Crippen LogP contribution is -1.83. The van der Waals surface area contributed by atoms with Gasteiger partial charge >= 0.3 is 0 Å². The van der Waals surface area contributed by atoms with Gasteiger partial charge in [-0.3, -0.25) is 9.97 Å². The van der Waals surface area contributed by atoms with Crippen molar-refractivity contribution in [3.63, 3.8) is 0 Å². The van der Waals surface area contributed by atoms with Crippen LogP contribution in [-0.2, 0) is 0 Å². The molecule has 8 heteroatoms. The summed E-state index contributed by atoms with van der Waals surface area (Å²) in [5.41, 5.74) is 1.22. The SMILES string of the molecule is Fc1ccc(-c2nc3sc(-c4ccc(F)cn4)nc3s2)nc1. The van der Waals surface area contributed by atoms with E-state index in [1.165, 1.54) is 34.8 Å². The van der Waals surface area contributed by atoms with E-state index in [9.17, 15) is 8.78 Å². The maximum absolute atomic E-state index is 12.9. The molecule has 0 amide bonds. The maximum atomic E-state index is 12.9. The fraction of sp³-hybridized carbons (Fsp3) is 0. The predicted molar refractivity (Wildman–Crippen MR) is 81.7 cm³/mol. The van der Waals surface area contributed by atoms with Crippen molar-refractivity contribution in [3.8, 4) is 21.4 Å². The minimum absolute atomic E-state index is 0.384. The van der Waals surface area contributed by atoms with Gasteiger partial charge in [-0.15, -0.1) is 0 Å². The van der Waals surface area contributed by atoms with Crippen molar-refractivity contribution in [1.82, 2.24) is 19.9 Å². The van der Waals surface area contributed by atoms with Gasteiger partial charge in [-0.05, 0) is 24.3 Å². The third kappa shape index (κ3) is 2.36. The minimum Gasteiger partial charge on any atom is -0.251 e. The summed E-state index contributed by atoms with van der Waals surface area (Å²) in [7, 11) is 0. The van der Waals surface area contributed by atoms with Gasteiger partial charge in [0.25, 0.3) is 0 Å². The Morgan fingerprint density at radius 3 is 1.50 bits per heavy atom. The topological polar surface area (TPSA) is 51.6 Å². The molecule has 108 valence electrons. The Balaban J connectivity index is 1.73. The van der Waals surface area contributed by atoms with Crippen LogP contribution in [0.15, 0.2) is 36.7 Å². The molecule has 0 aromatic carbocycles. The first-order valence-electron chi connectivity index (χ1n) is 6.20. The lowest BCUT2D eigenvalue weighted by molar-refractivity contribution is 0.621. The highest BCUT2D eigenvalue weighted by atomic mass is 32.1. The summed E-state index contributed by atoms with van der Waals surface area (Å²) in [4.78, 5) is 18.5. The van der Waals surface area contributed by atoms with Crippen molar-refractivity contribution < 1.29 is 8.78 Å². The highest BCUT2D eigenvalue weighted by Crippen LogP contribution is 2.35. The highest BCUT2D eigenvalue weighted by Gasteiger charge is 2.14. The van der Waals surface area contributed by atoms with Crippen LogP contribution in [0.3, 0.4) is 0 Å². The molecule has 0 aliphatic heterocycles. The van der Waals surface area contributed by atoms with E-state index in [1.807, 2.05) is 0 Å². The van der Waals surface area contributed by atoms with Crippen molar-refractivity contribution in [3.05, 3.63) is 48.3 Å². The molecule has 4 rings (SSSR count). The van der Waals surface area contributed by atoms with E-state index in [2.05, 4.69) is 19.9 Å². The Morgan fingerprint density at radius 2 is 1.14 bits per heavy atom. The molecule has 22 heavy (non-hydrogen) atoms. The van der Waals surface area contributed by atoms with Crippen LogP contribution in [-0.4, -0.2) is 19.9 Å². The molecule has 4 aromatic rings. The molecular weight excluding hydrogens is 326 g/mol. The summed E-state index contributed by atoms with van der Waals surface area (Å²) in [6, 6.07) is 5.86. The number of hydrogen-bond acceptors (Lipinski definition) is 6. The van der Waals surface area contributed by atoms with Crippen molar-refractivity contribution >= 4 is 32.3 Å². The standard InChI is InChI=1S/C14H6F2N4S2/c15-7-1-3-9(17-5-7)11-19-13-14(21-11)20-12(22-13)10-4-2-8(16)6-18-10/h1-6H. The van der Waals surface area contributed by atoms with Gasteiger partial charge in [-0.25, -0.2) is 18.7 Å². The third-order valence-corrected chi connectivity index (χ3v) is 4.94. The van der Waals surface area contributed by atoms with Crippen molar-refractivity contribution in [2.45, 2.75) is 0 Å². The van der Waals surface area contributed by atoms with E-state index >= 15 is 0 Å². The molecule has 0 radical (unpaired) electrons. The molecule has 0 atom stereocenters. The molecule has 0 aliphatic rings. The number of aromatic nitrogens is 4. The second-order valence-electron chi connectivity index (χ2n) is 4.37. The summed E-state index contributed by atoms with van der Waals surface area (Å²) < 4.78 is 25.8. The molecular formula is C14H6F2N4S2. The van der Waals surface area contributed by atoms with Gasteiger partial charge in [0, 0.05) is 0 Å². The van der Waals surface area contributed by atoms with Crippen LogP contribution in [0.4, 0.5) is 8.78 Å². The van der Waals surface area contributed by atoms with E-state index in [4.69, 9.17) is 0 Å². The average molecular weight is 332 g/mol. The van der Waals surface area contributed by atoms with E-state index in [-0.39, 0.29) is 11.6 Å². The number of fused-ring (bicyclic) bond motifs is 1. The molecule has 0 saturated heterocycles. The second kappa shape index (κ2) is 5.15. The molecule has 0 N–H and O–H groups in total. The first-order valence-corrected chi connectivity index (χ1v) is 7.83. The third-order valence-electron chi connectivity index (χ3n) is 2.87. The Labute approximate surface area is 131 Å². The fourth-order valence-corrected chi connectivity index (χ4v) is 3.86. The van der Waals surface area contributed by atoms with E-state index in [0.29, 0.717) is 21.4 Å². The van der Waals surface area contributed by atoms with Crippen LogP contribution in [0.2, 0.25) is 0 Å². The largest absolute Gasteiger partial charge is 0.251 e. The zero-order chi connectivity index (χ0) is 15.1. The second-order valence-corrected chi connectivity index (χ2v) is 6.33.